The Morgan fingerprint density at radius 1 is 1.31 bits per heavy atom. The van der Waals surface area contributed by atoms with E-state index in [1.54, 1.807) is 6.20 Å². The first-order chi connectivity index (χ1) is 7.79. The molecule has 1 heterocycles. The molecule has 3 heteroatoms. The van der Waals surface area contributed by atoms with Crippen LogP contribution >= 0.6 is 0 Å². The van der Waals surface area contributed by atoms with Crippen LogP contribution in [0.25, 0.3) is 0 Å². The van der Waals surface area contributed by atoms with Gasteiger partial charge in [-0.1, -0.05) is 30.3 Å². The predicted molar refractivity (Wildman–Crippen MR) is 63.0 cm³/mol. The second kappa shape index (κ2) is 4.94. The van der Waals surface area contributed by atoms with Gasteiger partial charge in [-0.2, -0.15) is 5.10 Å². The van der Waals surface area contributed by atoms with Crippen LogP contribution in [0.15, 0.2) is 42.7 Å². The number of benzene rings is 1. The Morgan fingerprint density at radius 2 is 2.06 bits per heavy atom. The van der Waals surface area contributed by atoms with Gasteiger partial charge in [-0.05, 0) is 12.5 Å². The number of aliphatic hydroxyl groups is 1. The van der Waals surface area contributed by atoms with Crippen molar-refractivity contribution in [2.24, 2.45) is 0 Å². The molecular weight excluding hydrogens is 200 g/mol. The van der Waals surface area contributed by atoms with Crippen LogP contribution in [0.5, 0.6) is 0 Å². The van der Waals surface area contributed by atoms with Crippen molar-refractivity contribution in [3.05, 3.63) is 53.9 Å². The lowest BCUT2D eigenvalue weighted by atomic mass is 10.0. The van der Waals surface area contributed by atoms with Gasteiger partial charge in [0.05, 0.1) is 12.3 Å². The van der Waals surface area contributed by atoms with E-state index in [1.807, 2.05) is 48.1 Å². The average Bonchev–Trinajstić information content (AvgIpc) is 2.79. The molecule has 84 valence electrons. The third kappa shape index (κ3) is 2.49. The molecule has 1 aromatic heterocycles. The summed E-state index contributed by atoms with van der Waals surface area (Å²) in [7, 11) is 0. The van der Waals surface area contributed by atoms with Crippen molar-refractivity contribution >= 4 is 0 Å². The minimum atomic E-state index is -0.470. The van der Waals surface area contributed by atoms with Crippen molar-refractivity contribution in [1.82, 2.24) is 9.78 Å². The Hall–Kier alpha value is -1.61. The molecule has 0 saturated carbocycles. The van der Waals surface area contributed by atoms with E-state index < -0.39 is 6.10 Å². The fourth-order valence-electron chi connectivity index (χ4n) is 1.68. The number of aryl methyl sites for hydroxylation is 1. The zero-order chi connectivity index (χ0) is 11.4. The molecule has 0 saturated heterocycles. The maximum absolute atomic E-state index is 10.0. The van der Waals surface area contributed by atoms with Crippen molar-refractivity contribution in [1.29, 1.82) is 0 Å². The van der Waals surface area contributed by atoms with Gasteiger partial charge in [0, 0.05) is 24.7 Å². The number of hydrogen-bond acceptors (Lipinski definition) is 2. The van der Waals surface area contributed by atoms with Crippen molar-refractivity contribution < 1.29 is 5.11 Å². The van der Waals surface area contributed by atoms with E-state index in [0.717, 1.165) is 17.7 Å². The van der Waals surface area contributed by atoms with Gasteiger partial charge in [-0.15, -0.1) is 0 Å². The lowest BCUT2D eigenvalue weighted by Crippen LogP contribution is -2.00. The number of aromatic nitrogens is 2. The van der Waals surface area contributed by atoms with Crippen LogP contribution < -0.4 is 0 Å². The van der Waals surface area contributed by atoms with Gasteiger partial charge in [0.15, 0.2) is 0 Å². The van der Waals surface area contributed by atoms with Crippen LogP contribution in [-0.4, -0.2) is 14.9 Å². The molecule has 1 atom stereocenters. The Morgan fingerprint density at radius 3 is 2.69 bits per heavy atom. The molecule has 1 aromatic carbocycles. The minimum Gasteiger partial charge on any atom is -0.388 e. The summed E-state index contributed by atoms with van der Waals surface area (Å²) in [5.41, 5.74) is 2.02. The molecule has 3 nitrogen and oxygen atoms in total. The van der Waals surface area contributed by atoms with E-state index in [0.29, 0.717) is 6.42 Å². The molecule has 0 aliphatic rings. The van der Waals surface area contributed by atoms with E-state index in [9.17, 15) is 5.11 Å². The molecule has 0 bridgehead atoms. The van der Waals surface area contributed by atoms with Crippen molar-refractivity contribution in [2.45, 2.75) is 26.0 Å². The van der Waals surface area contributed by atoms with Crippen LogP contribution in [0.1, 0.15) is 24.2 Å². The van der Waals surface area contributed by atoms with E-state index in [-0.39, 0.29) is 0 Å². The summed E-state index contributed by atoms with van der Waals surface area (Å²) in [5, 5.41) is 14.2. The standard InChI is InChI=1S/C13H16N2O/c1-2-15-10-12(9-14-15)13(16)8-11-6-4-3-5-7-11/h3-7,9-10,13,16H,2,8H2,1H3. The van der Waals surface area contributed by atoms with E-state index in [4.69, 9.17) is 0 Å². The van der Waals surface area contributed by atoms with Gasteiger partial charge in [-0.25, -0.2) is 0 Å². The van der Waals surface area contributed by atoms with Crippen molar-refractivity contribution in [3.8, 4) is 0 Å². The molecule has 16 heavy (non-hydrogen) atoms. The van der Waals surface area contributed by atoms with E-state index in [1.165, 1.54) is 0 Å². The summed E-state index contributed by atoms with van der Waals surface area (Å²) in [5.74, 6) is 0. The first-order valence-corrected chi connectivity index (χ1v) is 5.54. The molecule has 0 fully saturated rings. The Balaban J connectivity index is 2.05. The van der Waals surface area contributed by atoms with Gasteiger partial charge >= 0.3 is 0 Å². The summed E-state index contributed by atoms with van der Waals surface area (Å²) in [6.07, 6.45) is 3.80. The lowest BCUT2D eigenvalue weighted by molar-refractivity contribution is 0.178. The second-order valence-electron chi connectivity index (χ2n) is 3.83. The number of nitrogens with zero attached hydrogens (tertiary/aromatic N) is 2. The van der Waals surface area contributed by atoms with Crippen LogP contribution in [0.3, 0.4) is 0 Å². The number of rotatable bonds is 4. The third-order valence-corrected chi connectivity index (χ3v) is 2.63. The first-order valence-electron chi connectivity index (χ1n) is 5.54. The Labute approximate surface area is 95.3 Å². The average molecular weight is 216 g/mol. The molecule has 0 amide bonds. The summed E-state index contributed by atoms with van der Waals surface area (Å²) >= 11 is 0. The number of aliphatic hydroxyl groups excluding tert-OH is 1. The molecule has 0 aliphatic carbocycles. The fourth-order valence-corrected chi connectivity index (χ4v) is 1.68. The molecule has 2 rings (SSSR count). The van der Waals surface area contributed by atoms with Crippen LogP contribution in [0.4, 0.5) is 0 Å². The molecule has 0 spiro atoms. The molecule has 0 aliphatic heterocycles. The highest BCUT2D eigenvalue weighted by Crippen LogP contribution is 2.17. The fraction of sp³-hybridized carbons (Fsp3) is 0.308. The maximum atomic E-state index is 10.0. The van der Waals surface area contributed by atoms with Crippen LogP contribution in [-0.2, 0) is 13.0 Å². The van der Waals surface area contributed by atoms with E-state index >= 15 is 0 Å². The van der Waals surface area contributed by atoms with E-state index in [2.05, 4.69) is 5.10 Å². The smallest absolute Gasteiger partial charge is 0.0860 e. The summed E-state index contributed by atoms with van der Waals surface area (Å²) < 4.78 is 1.82. The van der Waals surface area contributed by atoms with Gasteiger partial charge in [-0.3, -0.25) is 4.68 Å². The number of hydrogen-bond donors (Lipinski definition) is 1. The summed E-state index contributed by atoms with van der Waals surface area (Å²) in [4.78, 5) is 0. The zero-order valence-corrected chi connectivity index (χ0v) is 9.37. The monoisotopic (exact) mass is 216 g/mol. The highest BCUT2D eigenvalue weighted by Gasteiger charge is 2.10. The highest BCUT2D eigenvalue weighted by molar-refractivity contribution is 5.19. The Bertz CT molecular complexity index is 436. The summed E-state index contributed by atoms with van der Waals surface area (Å²) in [6, 6.07) is 9.99. The Kier molecular flexibility index (Phi) is 3.37. The second-order valence-corrected chi connectivity index (χ2v) is 3.83. The first kappa shape index (κ1) is 10.9. The lowest BCUT2D eigenvalue weighted by Gasteiger charge is -2.07. The molecule has 0 radical (unpaired) electrons. The molecular formula is C13H16N2O. The topological polar surface area (TPSA) is 38.0 Å². The highest BCUT2D eigenvalue weighted by atomic mass is 16.3. The zero-order valence-electron chi connectivity index (χ0n) is 9.37. The normalized spacial score (nSPS) is 12.6. The van der Waals surface area contributed by atoms with Gasteiger partial charge in [0.25, 0.3) is 0 Å². The summed E-state index contributed by atoms with van der Waals surface area (Å²) in [6.45, 7) is 2.86. The van der Waals surface area contributed by atoms with Gasteiger partial charge < -0.3 is 5.11 Å². The molecule has 1 unspecified atom stereocenters. The minimum absolute atomic E-state index is 0.470. The molecule has 2 aromatic rings. The van der Waals surface area contributed by atoms with Gasteiger partial charge in [0.1, 0.15) is 0 Å². The quantitative estimate of drug-likeness (QED) is 0.850. The maximum Gasteiger partial charge on any atom is 0.0860 e. The largest absolute Gasteiger partial charge is 0.388 e. The van der Waals surface area contributed by atoms with Gasteiger partial charge in [0.2, 0.25) is 0 Å². The van der Waals surface area contributed by atoms with Crippen LogP contribution in [0.2, 0.25) is 0 Å². The SMILES string of the molecule is CCn1cc(C(O)Cc2ccccc2)cn1. The molecule has 1 N–H and O–H groups in total. The third-order valence-electron chi connectivity index (χ3n) is 2.63. The predicted octanol–water partition coefficient (Wildman–Crippen LogP) is 2.18. The van der Waals surface area contributed by atoms with Crippen molar-refractivity contribution in [3.63, 3.8) is 0 Å². The van der Waals surface area contributed by atoms with Crippen LogP contribution in [0, 0.1) is 0 Å². The van der Waals surface area contributed by atoms with Crippen molar-refractivity contribution in [2.75, 3.05) is 0 Å².